The van der Waals surface area contributed by atoms with Gasteiger partial charge in [0.05, 0.1) is 20.1 Å². The molecule has 0 aromatic heterocycles. The highest BCUT2D eigenvalue weighted by Crippen LogP contribution is 2.29. The summed E-state index contributed by atoms with van der Waals surface area (Å²) in [6.45, 7) is 2.29. The molecule has 5 nitrogen and oxygen atoms in total. The molecule has 22 heavy (non-hydrogen) atoms. The van der Waals surface area contributed by atoms with Gasteiger partial charge in [-0.05, 0) is 42.9 Å². The van der Waals surface area contributed by atoms with E-state index in [1.165, 1.54) is 0 Å². The fraction of sp³-hybridized carbons (Fsp3) is 0.588. The zero-order chi connectivity index (χ0) is 16.5. The van der Waals surface area contributed by atoms with Crippen molar-refractivity contribution >= 4 is 5.97 Å². The molecule has 0 amide bonds. The van der Waals surface area contributed by atoms with Gasteiger partial charge in [-0.15, -0.1) is 0 Å². The fourth-order valence-corrected chi connectivity index (χ4v) is 2.60. The summed E-state index contributed by atoms with van der Waals surface area (Å²) in [5.41, 5.74) is 6.71. The Balaban J connectivity index is 2.64. The molecular weight excluding hydrogens is 282 g/mol. The second-order valence-electron chi connectivity index (χ2n) is 5.51. The predicted molar refractivity (Wildman–Crippen MR) is 86.4 cm³/mol. The number of aliphatic carboxylic acids is 1. The van der Waals surface area contributed by atoms with Crippen LogP contribution < -0.4 is 15.2 Å². The molecule has 2 unspecified atom stereocenters. The van der Waals surface area contributed by atoms with Gasteiger partial charge in [-0.1, -0.05) is 19.4 Å². The summed E-state index contributed by atoms with van der Waals surface area (Å²) in [7, 11) is 3.23. The number of carboxylic acid groups (broad SMARTS) is 1. The minimum atomic E-state index is -0.799. The van der Waals surface area contributed by atoms with Gasteiger partial charge in [0.25, 0.3) is 0 Å². The first-order valence-electron chi connectivity index (χ1n) is 7.69. The smallest absolute Gasteiger partial charge is 0.307 e. The molecule has 0 saturated carbocycles. The van der Waals surface area contributed by atoms with Gasteiger partial charge in [0.15, 0.2) is 11.5 Å². The van der Waals surface area contributed by atoms with E-state index < -0.39 is 11.9 Å². The molecule has 0 aliphatic rings. The van der Waals surface area contributed by atoms with Crippen molar-refractivity contribution < 1.29 is 19.4 Å². The molecule has 124 valence electrons. The van der Waals surface area contributed by atoms with Crippen LogP contribution in [0.2, 0.25) is 0 Å². The zero-order valence-electron chi connectivity index (χ0n) is 13.7. The second-order valence-corrected chi connectivity index (χ2v) is 5.51. The number of carboxylic acids is 1. The summed E-state index contributed by atoms with van der Waals surface area (Å²) < 4.78 is 10.5. The number of ether oxygens (including phenoxy) is 2. The van der Waals surface area contributed by atoms with Crippen molar-refractivity contribution in [1.29, 1.82) is 0 Å². The third-order valence-electron chi connectivity index (χ3n) is 4.12. The van der Waals surface area contributed by atoms with Crippen molar-refractivity contribution in [3.05, 3.63) is 23.8 Å². The average molecular weight is 309 g/mol. The standard InChI is InChI=1S/C17H27NO4/c1-4-12(9-14(11-18)17(19)20)5-6-13-7-8-15(21-2)16(10-13)22-3/h7-8,10,12,14H,4-6,9,11,18H2,1-3H3,(H,19,20). The first-order valence-corrected chi connectivity index (χ1v) is 7.69. The highest BCUT2D eigenvalue weighted by atomic mass is 16.5. The van der Waals surface area contributed by atoms with E-state index in [2.05, 4.69) is 6.92 Å². The summed E-state index contributed by atoms with van der Waals surface area (Å²) in [5, 5.41) is 9.12. The molecular formula is C17H27NO4. The number of benzene rings is 1. The van der Waals surface area contributed by atoms with Crippen molar-refractivity contribution in [1.82, 2.24) is 0 Å². The molecule has 0 radical (unpaired) electrons. The number of hydrogen-bond donors (Lipinski definition) is 2. The average Bonchev–Trinajstić information content (AvgIpc) is 2.54. The van der Waals surface area contributed by atoms with Crippen LogP contribution in [0, 0.1) is 11.8 Å². The van der Waals surface area contributed by atoms with Crippen LogP contribution in [-0.4, -0.2) is 31.8 Å². The summed E-state index contributed by atoms with van der Waals surface area (Å²) >= 11 is 0. The third-order valence-corrected chi connectivity index (χ3v) is 4.12. The number of methoxy groups -OCH3 is 2. The first kappa shape index (κ1) is 18.3. The normalized spacial score (nSPS) is 13.5. The Kier molecular flexibility index (Phi) is 7.74. The van der Waals surface area contributed by atoms with Crippen molar-refractivity contribution in [3.63, 3.8) is 0 Å². The maximum atomic E-state index is 11.1. The Morgan fingerprint density at radius 3 is 2.45 bits per heavy atom. The van der Waals surface area contributed by atoms with Gasteiger partial charge in [-0.25, -0.2) is 0 Å². The van der Waals surface area contributed by atoms with Crippen LogP contribution in [0.25, 0.3) is 0 Å². The van der Waals surface area contributed by atoms with E-state index in [-0.39, 0.29) is 6.54 Å². The minimum Gasteiger partial charge on any atom is -0.493 e. The van der Waals surface area contributed by atoms with Crippen LogP contribution in [0.3, 0.4) is 0 Å². The van der Waals surface area contributed by atoms with Gasteiger partial charge in [-0.3, -0.25) is 4.79 Å². The molecule has 0 heterocycles. The number of aryl methyl sites for hydroxylation is 1. The van der Waals surface area contributed by atoms with E-state index in [1.54, 1.807) is 14.2 Å². The van der Waals surface area contributed by atoms with Crippen LogP contribution in [0.15, 0.2) is 18.2 Å². The first-order chi connectivity index (χ1) is 10.5. The van der Waals surface area contributed by atoms with Gasteiger partial charge in [-0.2, -0.15) is 0 Å². The van der Waals surface area contributed by atoms with Crippen molar-refractivity contribution in [2.24, 2.45) is 17.6 Å². The maximum absolute atomic E-state index is 11.1. The molecule has 0 aliphatic heterocycles. The number of hydrogen-bond acceptors (Lipinski definition) is 4. The SMILES string of the molecule is CCC(CCc1ccc(OC)c(OC)c1)CC(CN)C(=O)O. The number of rotatable bonds is 10. The Morgan fingerprint density at radius 1 is 1.27 bits per heavy atom. The summed E-state index contributed by atoms with van der Waals surface area (Å²) in [4.78, 5) is 11.1. The minimum absolute atomic E-state index is 0.197. The summed E-state index contributed by atoms with van der Waals surface area (Å²) in [6, 6.07) is 5.89. The Bertz CT molecular complexity index is 476. The molecule has 0 bridgehead atoms. The lowest BCUT2D eigenvalue weighted by Gasteiger charge is -2.19. The van der Waals surface area contributed by atoms with E-state index >= 15 is 0 Å². The number of carbonyl (C=O) groups is 1. The van der Waals surface area contributed by atoms with Gasteiger partial charge in [0.1, 0.15) is 0 Å². The highest BCUT2D eigenvalue weighted by Gasteiger charge is 2.20. The monoisotopic (exact) mass is 309 g/mol. The van der Waals surface area contributed by atoms with E-state index in [4.69, 9.17) is 20.3 Å². The zero-order valence-corrected chi connectivity index (χ0v) is 13.7. The van der Waals surface area contributed by atoms with Gasteiger partial charge in [0.2, 0.25) is 0 Å². The topological polar surface area (TPSA) is 81.8 Å². The fourth-order valence-electron chi connectivity index (χ4n) is 2.60. The maximum Gasteiger partial charge on any atom is 0.307 e. The molecule has 0 spiro atoms. The van der Waals surface area contributed by atoms with E-state index in [0.717, 1.165) is 30.6 Å². The van der Waals surface area contributed by atoms with Gasteiger partial charge < -0.3 is 20.3 Å². The van der Waals surface area contributed by atoms with Crippen molar-refractivity contribution in [2.75, 3.05) is 20.8 Å². The Hall–Kier alpha value is -1.75. The quantitative estimate of drug-likeness (QED) is 0.694. The highest BCUT2D eigenvalue weighted by molar-refractivity contribution is 5.70. The van der Waals surface area contributed by atoms with Gasteiger partial charge >= 0.3 is 5.97 Å². The lowest BCUT2D eigenvalue weighted by Crippen LogP contribution is -2.26. The van der Waals surface area contributed by atoms with Crippen LogP contribution >= 0.6 is 0 Å². The summed E-state index contributed by atoms with van der Waals surface area (Å²) in [5.74, 6) is 0.547. The van der Waals surface area contributed by atoms with E-state index in [9.17, 15) is 4.79 Å². The Morgan fingerprint density at radius 2 is 1.95 bits per heavy atom. The van der Waals surface area contributed by atoms with Crippen LogP contribution in [0.4, 0.5) is 0 Å². The van der Waals surface area contributed by atoms with E-state index in [0.29, 0.717) is 18.1 Å². The van der Waals surface area contributed by atoms with Gasteiger partial charge in [0, 0.05) is 6.54 Å². The molecule has 2 atom stereocenters. The predicted octanol–water partition coefficient (Wildman–Crippen LogP) is 2.71. The van der Waals surface area contributed by atoms with Crippen LogP contribution in [-0.2, 0) is 11.2 Å². The summed E-state index contributed by atoms with van der Waals surface area (Å²) in [6.07, 6.45) is 3.41. The third kappa shape index (κ3) is 5.22. The van der Waals surface area contributed by atoms with E-state index in [1.807, 2.05) is 18.2 Å². The lowest BCUT2D eigenvalue weighted by atomic mass is 9.88. The molecule has 0 fully saturated rings. The molecule has 1 rings (SSSR count). The van der Waals surface area contributed by atoms with Crippen LogP contribution in [0.5, 0.6) is 11.5 Å². The van der Waals surface area contributed by atoms with Crippen molar-refractivity contribution in [2.45, 2.75) is 32.6 Å². The largest absolute Gasteiger partial charge is 0.493 e. The molecule has 3 N–H and O–H groups in total. The molecule has 1 aromatic carbocycles. The lowest BCUT2D eigenvalue weighted by molar-refractivity contribution is -0.142. The Labute approximate surface area is 132 Å². The molecule has 1 aromatic rings. The van der Waals surface area contributed by atoms with Crippen molar-refractivity contribution in [3.8, 4) is 11.5 Å². The molecule has 5 heteroatoms. The second kappa shape index (κ2) is 9.30. The number of nitrogens with two attached hydrogens (primary N) is 1. The molecule has 0 saturated heterocycles. The van der Waals surface area contributed by atoms with Crippen LogP contribution in [0.1, 0.15) is 31.7 Å². The molecule has 0 aliphatic carbocycles.